The third kappa shape index (κ3) is 5.24. The third-order valence-corrected chi connectivity index (χ3v) is 5.60. The van der Waals surface area contributed by atoms with Crippen LogP contribution in [0.15, 0.2) is 78.9 Å². The van der Waals surface area contributed by atoms with Crippen molar-refractivity contribution in [1.82, 2.24) is 9.88 Å². The maximum absolute atomic E-state index is 13.0. The summed E-state index contributed by atoms with van der Waals surface area (Å²) in [6.07, 6.45) is -0.525. The van der Waals surface area contributed by atoms with E-state index < -0.39 is 12.1 Å². The molecule has 7 heteroatoms. The van der Waals surface area contributed by atoms with Crippen molar-refractivity contribution < 1.29 is 19.1 Å². The van der Waals surface area contributed by atoms with Crippen LogP contribution in [-0.4, -0.2) is 29.8 Å². The first-order valence-corrected chi connectivity index (χ1v) is 11.4. The van der Waals surface area contributed by atoms with Gasteiger partial charge in [0.25, 0.3) is 0 Å². The summed E-state index contributed by atoms with van der Waals surface area (Å²) in [5.74, 6) is -0.427. The van der Waals surface area contributed by atoms with E-state index >= 15 is 0 Å². The fourth-order valence-electron chi connectivity index (χ4n) is 3.92. The number of carbonyl (C=O) groups excluding carboxylic acids is 2. The molecule has 1 heterocycles. The van der Waals surface area contributed by atoms with Gasteiger partial charge in [-0.3, -0.25) is 0 Å². The predicted molar refractivity (Wildman–Crippen MR) is 133 cm³/mol. The summed E-state index contributed by atoms with van der Waals surface area (Å²) in [5.41, 5.74) is 3.09. The molecular weight excluding hydrogens is 452 g/mol. The first-order chi connectivity index (χ1) is 16.6. The average molecular weight is 477 g/mol. The van der Waals surface area contributed by atoms with E-state index in [1.165, 1.54) is 0 Å². The molecule has 0 fully saturated rings. The van der Waals surface area contributed by atoms with Crippen molar-refractivity contribution in [2.45, 2.75) is 20.1 Å². The molecule has 4 aromatic rings. The van der Waals surface area contributed by atoms with Gasteiger partial charge in [-0.05, 0) is 30.2 Å². The van der Waals surface area contributed by atoms with Crippen LogP contribution >= 0.6 is 11.6 Å². The Morgan fingerprint density at radius 2 is 1.62 bits per heavy atom. The van der Waals surface area contributed by atoms with Crippen molar-refractivity contribution in [2.24, 2.45) is 0 Å². The molecule has 0 spiro atoms. The third-order valence-electron chi connectivity index (χ3n) is 5.37. The van der Waals surface area contributed by atoms with E-state index in [4.69, 9.17) is 21.1 Å². The van der Waals surface area contributed by atoms with Crippen molar-refractivity contribution in [3.05, 3.63) is 95.1 Å². The van der Waals surface area contributed by atoms with Gasteiger partial charge < -0.3 is 19.4 Å². The number of fused-ring (bicyclic) bond motifs is 1. The highest BCUT2D eigenvalue weighted by molar-refractivity contribution is 6.31. The Hall–Kier alpha value is -3.77. The largest absolute Gasteiger partial charge is 0.461 e. The number of ether oxygens (including phenoxy) is 2. The second kappa shape index (κ2) is 10.9. The number of nitrogens with one attached hydrogen (secondary N) is 1. The van der Waals surface area contributed by atoms with Crippen LogP contribution in [0.25, 0.3) is 22.0 Å². The van der Waals surface area contributed by atoms with Crippen molar-refractivity contribution in [2.75, 3.05) is 13.2 Å². The van der Waals surface area contributed by atoms with Gasteiger partial charge in [0.2, 0.25) is 0 Å². The van der Waals surface area contributed by atoms with Gasteiger partial charge in [-0.25, -0.2) is 9.59 Å². The Bertz CT molecular complexity index is 1290. The van der Waals surface area contributed by atoms with E-state index in [0.717, 1.165) is 27.6 Å². The molecule has 174 valence electrons. The number of hydrogen-bond donors (Lipinski definition) is 1. The molecule has 0 saturated heterocycles. The molecule has 0 aliphatic carbocycles. The number of nitrogens with zero attached hydrogens (tertiary/aromatic N) is 1. The van der Waals surface area contributed by atoms with Gasteiger partial charge in [-0.1, -0.05) is 78.3 Å². The molecule has 1 amide bonds. The van der Waals surface area contributed by atoms with Crippen molar-refractivity contribution >= 4 is 34.4 Å². The second-order valence-electron chi connectivity index (χ2n) is 7.61. The number of halogens is 1. The van der Waals surface area contributed by atoms with Crippen LogP contribution in [0.2, 0.25) is 5.02 Å². The molecule has 1 N–H and O–H groups in total. The lowest BCUT2D eigenvalue weighted by molar-refractivity contribution is 0.0516. The Balaban J connectivity index is 1.62. The first kappa shape index (κ1) is 23.4. The van der Waals surface area contributed by atoms with Gasteiger partial charge in [-0.15, -0.1) is 0 Å². The van der Waals surface area contributed by atoms with E-state index in [9.17, 15) is 9.59 Å². The Kier molecular flexibility index (Phi) is 7.50. The monoisotopic (exact) mass is 476 g/mol. The van der Waals surface area contributed by atoms with Gasteiger partial charge in [0, 0.05) is 28.9 Å². The summed E-state index contributed by atoms with van der Waals surface area (Å²) < 4.78 is 12.6. The summed E-state index contributed by atoms with van der Waals surface area (Å²) in [6, 6.07) is 24.7. The number of carbonyl (C=O) groups is 2. The lowest BCUT2D eigenvalue weighted by atomic mass is 10.1. The van der Waals surface area contributed by atoms with Crippen molar-refractivity contribution in [3.63, 3.8) is 0 Å². The molecule has 4 rings (SSSR count). The zero-order chi connectivity index (χ0) is 23.9. The van der Waals surface area contributed by atoms with E-state index in [-0.39, 0.29) is 19.8 Å². The topological polar surface area (TPSA) is 69.6 Å². The smallest absolute Gasteiger partial charge is 0.407 e. The highest BCUT2D eigenvalue weighted by atomic mass is 35.5. The Morgan fingerprint density at radius 1 is 0.912 bits per heavy atom. The molecule has 0 radical (unpaired) electrons. The maximum atomic E-state index is 13.0. The van der Waals surface area contributed by atoms with Crippen LogP contribution in [-0.2, 0) is 22.6 Å². The molecule has 0 saturated carbocycles. The fraction of sp³-hybridized carbons (Fsp3) is 0.185. The molecule has 1 aromatic heterocycles. The molecule has 0 aliphatic heterocycles. The predicted octanol–water partition coefficient (Wildman–Crippen LogP) is 6.06. The van der Waals surface area contributed by atoms with Crippen molar-refractivity contribution in [1.29, 1.82) is 0 Å². The van der Waals surface area contributed by atoms with E-state index in [1.54, 1.807) is 13.0 Å². The summed E-state index contributed by atoms with van der Waals surface area (Å²) in [6.45, 7) is 2.80. The molecule has 34 heavy (non-hydrogen) atoms. The van der Waals surface area contributed by atoms with Gasteiger partial charge in [0.15, 0.2) is 0 Å². The molecule has 6 nitrogen and oxygen atoms in total. The quantitative estimate of drug-likeness (QED) is 0.313. The second-order valence-corrected chi connectivity index (χ2v) is 8.05. The number of rotatable bonds is 8. The molecule has 0 bridgehead atoms. The molecular formula is C27H25ClN2O4. The zero-order valence-corrected chi connectivity index (χ0v) is 19.5. The van der Waals surface area contributed by atoms with E-state index in [1.807, 2.05) is 77.4 Å². The van der Waals surface area contributed by atoms with E-state index in [0.29, 0.717) is 17.3 Å². The fourth-order valence-corrected chi connectivity index (χ4v) is 4.09. The lowest BCUT2D eigenvalue weighted by Crippen LogP contribution is -2.29. The van der Waals surface area contributed by atoms with Gasteiger partial charge in [0.05, 0.1) is 12.3 Å². The van der Waals surface area contributed by atoms with Gasteiger partial charge in [-0.2, -0.15) is 0 Å². The van der Waals surface area contributed by atoms with Gasteiger partial charge in [0.1, 0.15) is 12.3 Å². The number of hydrogen-bond acceptors (Lipinski definition) is 4. The number of aromatic nitrogens is 1. The van der Waals surface area contributed by atoms with E-state index in [2.05, 4.69) is 5.32 Å². The minimum absolute atomic E-state index is 0.182. The highest BCUT2D eigenvalue weighted by Gasteiger charge is 2.24. The number of amides is 1. The van der Waals surface area contributed by atoms with Crippen LogP contribution in [0.3, 0.4) is 0 Å². The molecule has 0 atom stereocenters. The summed E-state index contributed by atoms with van der Waals surface area (Å²) in [7, 11) is 0. The summed E-state index contributed by atoms with van der Waals surface area (Å²) in [5, 5.41) is 4.93. The zero-order valence-electron chi connectivity index (χ0n) is 18.8. The SMILES string of the molecule is CCOC(=O)c1c2ccc(Cl)cc2c(-c2ccccc2)n1CCNC(=O)OCc1ccccc1. The van der Waals surface area contributed by atoms with Crippen LogP contribution in [0.1, 0.15) is 23.0 Å². The first-order valence-electron chi connectivity index (χ1n) is 11.1. The number of benzene rings is 3. The number of alkyl carbamates (subject to hydrolysis) is 1. The normalized spacial score (nSPS) is 10.8. The van der Waals surface area contributed by atoms with Crippen LogP contribution in [0.4, 0.5) is 4.79 Å². The minimum atomic E-state index is -0.525. The highest BCUT2D eigenvalue weighted by Crippen LogP contribution is 2.36. The lowest BCUT2D eigenvalue weighted by Gasteiger charge is -2.14. The summed E-state index contributed by atoms with van der Waals surface area (Å²) >= 11 is 6.31. The minimum Gasteiger partial charge on any atom is -0.461 e. The van der Waals surface area contributed by atoms with Crippen molar-refractivity contribution in [3.8, 4) is 11.3 Å². The van der Waals surface area contributed by atoms with Crippen LogP contribution < -0.4 is 5.32 Å². The summed E-state index contributed by atoms with van der Waals surface area (Å²) in [4.78, 5) is 25.2. The molecule has 0 unspecified atom stereocenters. The van der Waals surface area contributed by atoms with Gasteiger partial charge >= 0.3 is 12.1 Å². The maximum Gasteiger partial charge on any atom is 0.407 e. The number of esters is 1. The Labute approximate surface area is 203 Å². The van der Waals surface area contributed by atoms with Crippen LogP contribution in [0.5, 0.6) is 0 Å². The molecule has 0 aliphatic rings. The standard InChI is InChI=1S/C27H25ClN2O4/c1-2-33-26(31)25-22-14-13-21(28)17-23(22)24(20-11-7-4-8-12-20)30(25)16-15-29-27(32)34-18-19-9-5-3-6-10-19/h3-14,17H,2,15-16,18H2,1H3,(H,29,32). The Morgan fingerprint density at radius 3 is 2.32 bits per heavy atom. The van der Waals surface area contributed by atoms with Crippen LogP contribution in [0, 0.1) is 0 Å². The molecule has 3 aromatic carbocycles. The average Bonchev–Trinajstić information content (AvgIpc) is 3.17.